The molecule has 0 bridgehead atoms. The summed E-state index contributed by atoms with van der Waals surface area (Å²) in [5.41, 5.74) is 1.46. The highest BCUT2D eigenvalue weighted by Crippen LogP contribution is 2.29. The smallest absolute Gasteiger partial charge is 0.257 e. The number of hydrogen-bond donors (Lipinski definition) is 1. The van der Waals surface area contributed by atoms with Gasteiger partial charge in [-0.05, 0) is 41.7 Å². The molecule has 4 nitrogen and oxygen atoms in total. The molecule has 1 amide bonds. The van der Waals surface area contributed by atoms with Crippen molar-refractivity contribution in [3.8, 4) is 5.75 Å². The Morgan fingerprint density at radius 2 is 1.73 bits per heavy atom. The van der Waals surface area contributed by atoms with E-state index in [1.807, 2.05) is 29.2 Å². The van der Waals surface area contributed by atoms with Gasteiger partial charge < -0.3 is 15.0 Å². The Kier molecular flexibility index (Phi) is 5.79. The Hall–Kier alpha value is -2.11. The van der Waals surface area contributed by atoms with Crippen molar-refractivity contribution in [2.24, 2.45) is 11.8 Å². The van der Waals surface area contributed by atoms with E-state index in [0.29, 0.717) is 29.8 Å². The number of likely N-dealkylation sites (tertiary alicyclic amines) is 1. The van der Waals surface area contributed by atoms with Crippen LogP contribution < -0.4 is 10.1 Å². The van der Waals surface area contributed by atoms with Crippen LogP contribution in [0.4, 0.5) is 4.39 Å². The number of nitrogens with zero attached hydrogens (tertiary/aromatic N) is 1. The Morgan fingerprint density at radius 3 is 2.42 bits per heavy atom. The van der Waals surface area contributed by atoms with Crippen LogP contribution in [0.5, 0.6) is 5.75 Å². The van der Waals surface area contributed by atoms with Crippen LogP contribution in [0.2, 0.25) is 0 Å². The first-order chi connectivity index (χ1) is 12.2. The average Bonchev–Trinajstić information content (AvgIpc) is 3.23. The lowest BCUT2D eigenvalue weighted by atomic mass is 10.0. The maximum absolute atomic E-state index is 13.0. The van der Waals surface area contributed by atoms with Crippen molar-refractivity contribution in [3.05, 3.63) is 65.5 Å². The van der Waals surface area contributed by atoms with E-state index in [-0.39, 0.29) is 24.1 Å². The van der Waals surface area contributed by atoms with E-state index in [2.05, 4.69) is 5.32 Å². The van der Waals surface area contributed by atoms with E-state index < -0.39 is 0 Å². The second kappa shape index (κ2) is 8.06. The first kappa shape index (κ1) is 18.7. The van der Waals surface area contributed by atoms with Crippen LogP contribution in [0.15, 0.2) is 48.5 Å². The van der Waals surface area contributed by atoms with Gasteiger partial charge in [0.25, 0.3) is 5.91 Å². The lowest BCUT2D eigenvalue weighted by Gasteiger charge is -2.19. The van der Waals surface area contributed by atoms with Crippen LogP contribution in [0, 0.1) is 17.7 Å². The molecule has 2 atom stereocenters. The fourth-order valence-electron chi connectivity index (χ4n) is 3.70. The van der Waals surface area contributed by atoms with Gasteiger partial charge in [-0.15, -0.1) is 12.4 Å². The van der Waals surface area contributed by atoms with E-state index in [0.717, 1.165) is 31.7 Å². The summed E-state index contributed by atoms with van der Waals surface area (Å²) in [4.78, 5) is 14.9. The van der Waals surface area contributed by atoms with Gasteiger partial charge in [0.15, 0.2) is 0 Å². The van der Waals surface area contributed by atoms with Crippen LogP contribution in [-0.4, -0.2) is 37.0 Å². The van der Waals surface area contributed by atoms with Crippen molar-refractivity contribution in [2.75, 3.05) is 26.2 Å². The minimum absolute atomic E-state index is 0. The Bertz CT molecular complexity index is 757. The average molecular weight is 377 g/mol. The van der Waals surface area contributed by atoms with Gasteiger partial charge in [0, 0.05) is 26.2 Å². The largest absolute Gasteiger partial charge is 0.488 e. The molecule has 1 N–H and O–H groups in total. The molecule has 2 fully saturated rings. The van der Waals surface area contributed by atoms with Crippen LogP contribution in [-0.2, 0) is 6.61 Å². The molecular weight excluding hydrogens is 355 g/mol. The minimum atomic E-state index is -0.270. The van der Waals surface area contributed by atoms with Gasteiger partial charge in [0.1, 0.15) is 18.2 Å². The zero-order valence-electron chi connectivity index (χ0n) is 14.4. The molecule has 0 radical (unpaired) electrons. The monoisotopic (exact) mass is 376 g/mol. The highest BCUT2D eigenvalue weighted by Gasteiger charge is 2.38. The molecule has 0 aliphatic carbocycles. The molecule has 0 spiro atoms. The molecule has 6 heteroatoms. The molecule has 26 heavy (non-hydrogen) atoms. The molecule has 2 aliphatic heterocycles. The number of ether oxygens (including phenoxy) is 1. The Balaban J connectivity index is 0.00000196. The molecule has 0 unspecified atom stereocenters. The number of halogens is 2. The zero-order chi connectivity index (χ0) is 17.2. The van der Waals surface area contributed by atoms with E-state index >= 15 is 0 Å². The zero-order valence-corrected chi connectivity index (χ0v) is 15.2. The molecule has 2 aromatic carbocycles. The lowest BCUT2D eigenvalue weighted by molar-refractivity contribution is 0.0777. The van der Waals surface area contributed by atoms with Crippen molar-refractivity contribution < 1.29 is 13.9 Å². The summed E-state index contributed by atoms with van der Waals surface area (Å²) >= 11 is 0. The van der Waals surface area contributed by atoms with Crippen molar-refractivity contribution in [1.29, 1.82) is 0 Å². The predicted molar refractivity (Wildman–Crippen MR) is 100 cm³/mol. The number of para-hydroxylation sites is 1. The first-order valence-electron chi connectivity index (χ1n) is 8.67. The van der Waals surface area contributed by atoms with Gasteiger partial charge in [-0.1, -0.05) is 24.3 Å². The number of amides is 1. The van der Waals surface area contributed by atoms with Crippen LogP contribution in [0.1, 0.15) is 15.9 Å². The van der Waals surface area contributed by atoms with Crippen molar-refractivity contribution in [1.82, 2.24) is 10.2 Å². The standard InChI is InChI=1S/C20H21FN2O2.ClH/c21-17-7-5-14(6-8-17)13-25-19-4-2-1-3-18(19)20(24)23-11-15-9-22-10-16(15)12-23;/h1-8,15-16,22H,9-13H2;1H/t15-,16+;. The Morgan fingerprint density at radius 1 is 1.08 bits per heavy atom. The van der Waals surface area contributed by atoms with Gasteiger partial charge in [-0.25, -0.2) is 4.39 Å². The summed E-state index contributed by atoms with van der Waals surface area (Å²) in [5.74, 6) is 1.47. The number of carbonyl (C=O) groups excluding carboxylic acids is 1. The molecule has 0 aromatic heterocycles. The van der Waals surface area contributed by atoms with E-state index in [1.165, 1.54) is 12.1 Å². The van der Waals surface area contributed by atoms with E-state index in [1.54, 1.807) is 12.1 Å². The molecule has 0 saturated carbocycles. The first-order valence-corrected chi connectivity index (χ1v) is 8.67. The third-order valence-electron chi connectivity index (χ3n) is 5.10. The number of hydrogen-bond acceptors (Lipinski definition) is 3. The summed E-state index contributed by atoms with van der Waals surface area (Å²) in [6.45, 7) is 3.92. The topological polar surface area (TPSA) is 41.6 Å². The molecule has 2 aliphatic rings. The number of benzene rings is 2. The molecule has 2 saturated heterocycles. The van der Waals surface area contributed by atoms with Gasteiger partial charge in [0.05, 0.1) is 5.56 Å². The quantitative estimate of drug-likeness (QED) is 0.891. The fourth-order valence-corrected chi connectivity index (χ4v) is 3.70. The van der Waals surface area contributed by atoms with E-state index in [9.17, 15) is 9.18 Å². The van der Waals surface area contributed by atoms with Gasteiger partial charge in [-0.2, -0.15) is 0 Å². The van der Waals surface area contributed by atoms with Crippen LogP contribution >= 0.6 is 12.4 Å². The number of rotatable bonds is 4. The van der Waals surface area contributed by atoms with Gasteiger partial charge in [-0.3, -0.25) is 4.79 Å². The molecule has 138 valence electrons. The van der Waals surface area contributed by atoms with Gasteiger partial charge >= 0.3 is 0 Å². The highest BCUT2D eigenvalue weighted by molar-refractivity contribution is 5.97. The van der Waals surface area contributed by atoms with Crippen molar-refractivity contribution >= 4 is 18.3 Å². The summed E-state index contributed by atoms with van der Waals surface area (Å²) in [6.07, 6.45) is 0. The summed E-state index contributed by atoms with van der Waals surface area (Å²) in [6, 6.07) is 13.5. The molecular formula is C20H22ClFN2O2. The predicted octanol–water partition coefficient (Wildman–Crippen LogP) is 3.12. The van der Waals surface area contributed by atoms with Gasteiger partial charge in [0.2, 0.25) is 0 Å². The maximum Gasteiger partial charge on any atom is 0.257 e. The van der Waals surface area contributed by atoms with E-state index in [4.69, 9.17) is 4.74 Å². The number of nitrogens with one attached hydrogen (secondary N) is 1. The number of fused-ring (bicyclic) bond motifs is 1. The van der Waals surface area contributed by atoms with Crippen LogP contribution in [0.3, 0.4) is 0 Å². The third-order valence-corrected chi connectivity index (χ3v) is 5.10. The summed E-state index contributed by atoms with van der Waals surface area (Å²) in [7, 11) is 0. The molecule has 2 heterocycles. The molecule has 2 aromatic rings. The summed E-state index contributed by atoms with van der Waals surface area (Å²) < 4.78 is 18.8. The highest BCUT2D eigenvalue weighted by atomic mass is 35.5. The maximum atomic E-state index is 13.0. The number of carbonyl (C=O) groups is 1. The summed E-state index contributed by atoms with van der Waals surface area (Å²) in [5, 5.41) is 3.39. The minimum Gasteiger partial charge on any atom is -0.488 e. The third kappa shape index (κ3) is 3.84. The van der Waals surface area contributed by atoms with Crippen molar-refractivity contribution in [3.63, 3.8) is 0 Å². The second-order valence-corrected chi connectivity index (χ2v) is 6.80. The Labute approximate surface area is 158 Å². The molecule has 4 rings (SSSR count). The second-order valence-electron chi connectivity index (χ2n) is 6.80. The van der Waals surface area contributed by atoms with Crippen molar-refractivity contribution in [2.45, 2.75) is 6.61 Å². The normalized spacial score (nSPS) is 21.2. The fraction of sp³-hybridized carbons (Fsp3) is 0.350. The lowest BCUT2D eigenvalue weighted by Crippen LogP contribution is -2.32. The van der Waals surface area contributed by atoms with Crippen LogP contribution in [0.25, 0.3) is 0 Å². The SMILES string of the molecule is Cl.O=C(c1ccccc1OCc1ccc(F)cc1)N1C[C@H]2CNC[C@H]2C1.